The smallest absolute Gasteiger partial charge is 0.376 e. The Hall–Kier alpha value is -0.830. The van der Waals surface area contributed by atoms with E-state index >= 15 is 0 Å². The minimum Gasteiger partial charge on any atom is -0.376 e. The number of ether oxygens (including phenoxy) is 1. The molecule has 1 heterocycles. The molecule has 118 valence electrons. The van der Waals surface area contributed by atoms with Crippen molar-refractivity contribution < 1.29 is 26.3 Å². The number of hydrogen-bond donors (Lipinski definition) is 0. The van der Waals surface area contributed by atoms with Crippen LogP contribution in [0, 0.1) is 0 Å². The van der Waals surface area contributed by atoms with Gasteiger partial charge in [-0.25, -0.2) is 8.42 Å². The molecular formula is C12H13ClF3NO3S. The maximum Gasteiger partial charge on any atom is 0.417 e. The molecule has 0 radical (unpaired) electrons. The van der Waals surface area contributed by atoms with E-state index in [4.69, 9.17) is 16.3 Å². The normalized spacial score (nSPS) is 21.5. The van der Waals surface area contributed by atoms with E-state index in [1.807, 2.05) is 0 Å². The van der Waals surface area contributed by atoms with Gasteiger partial charge in [0.05, 0.1) is 28.2 Å². The summed E-state index contributed by atoms with van der Waals surface area (Å²) < 4.78 is 69.5. The minimum absolute atomic E-state index is 0.103. The summed E-state index contributed by atoms with van der Waals surface area (Å²) in [5.74, 6) is 0. The Labute approximate surface area is 125 Å². The fraction of sp³-hybridized carbons (Fsp3) is 0.500. The maximum atomic E-state index is 12.8. The highest BCUT2D eigenvalue weighted by atomic mass is 35.5. The summed E-state index contributed by atoms with van der Waals surface area (Å²) >= 11 is 5.49. The number of alkyl halides is 3. The number of halogens is 4. The molecule has 1 saturated heterocycles. The highest BCUT2D eigenvalue weighted by Gasteiger charge is 2.36. The molecule has 9 heteroatoms. The monoisotopic (exact) mass is 343 g/mol. The van der Waals surface area contributed by atoms with Gasteiger partial charge >= 0.3 is 6.18 Å². The molecule has 0 unspecified atom stereocenters. The SMILES string of the molecule is C[C@@H]1CN(S(=O)(=O)c2ccc(Cl)c(C(F)(F)F)c2)CCO1. The standard InChI is InChI=1S/C12H13ClF3NO3S/c1-8-7-17(4-5-20-8)21(18,19)9-2-3-11(13)10(6-9)12(14,15)16/h2-3,6,8H,4-5,7H2,1H3/t8-/m1/s1. The molecule has 0 aromatic heterocycles. The van der Waals surface area contributed by atoms with Crippen molar-refractivity contribution in [2.75, 3.05) is 19.7 Å². The van der Waals surface area contributed by atoms with E-state index in [1.54, 1.807) is 6.92 Å². The number of rotatable bonds is 2. The molecule has 1 aromatic carbocycles. The van der Waals surface area contributed by atoms with Gasteiger partial charge in [0.2, 0.25) is 10.0 Å². The zero-order valence-corrected chi connectivity index (χ0v) is 12.6. The number of benzene rings is 1. The second-order valence-electron chi connectivity index (χ2n) is 4.68. The molecule has 0 saturated carbocycles. The first-order chi connectivity index (χ1) is 9.62. The molecule has 4 nitrogen and oxygen atoms in total. The molecule has 1 fully saturated rings. The molecule has 1 aromatic rings. The van der Waals surface area contributed by atoms with Crippen LogP contribution in [0.5, 0.6) is 0 Å². The molecule has 21 heavy (non-hydrogen) atoms. The van der Waals surface area contributed by atoms with Crippen LogP contribution in [0.25, 0.3) is 0 Å². The van der Waals surface area contributed by atoms with Crippen molar-refractivity contribution in [3.05, 3.63) is 28.8 Å². The van der Waals surface area contributed by atoms with Crippen LogP contribution in [-0.4, -0.2) is 38.5 Å². The van der Waals surface area contributed by atoms with E-state index in [-0.39, 0.29) is 25.8 Å². The summed E-state index contributed by atoms with van der Waals surface area (Å²) in [6, 6.07) is 2.59. The van der Waals surface area contributed by atoms with E-state index in [0.29, 0.717) is 6.07 Å². The lowest BCUT2D eigenvalue weighted by atomic mass is 10.2. The first-order valence-electron chi connectivity index (χ1n) is 6.11. The molecule has 1 atom stereocenters. The fourth-order valence-electron chi connectivity index (χ4n) is 2.04. The number of hydrogen-bond acceptors (Lipinski definition) is 3. The number of morpholine rings is 1. The van der Waals surface area contributed by atoms with Crippen molar-refractivity contribution in [2.24, 2.45) is 0 Å². The first-order valence-corrected chi connectivity index (χ1v) is 7.92. The predicted octanol–water partition coefficient (Wildman–Crippen LogP) is 2.77. The second kappa shape index (κ2) is 5.75. The summed E-state index contributed by atoms with van der Waals surface area (Å²) in [7, 11) is -4.00. The Bertz CT molecular complexity index is 633. The lowest BCUT2D eigenvalue weighted by molar-refractivity contribution is -0.137. The van der Waals surface area contributed by atoms with Crippen LogP contribution in [0.2, 0.25) is 5.02 Å². The summed E-state index contributed by atoms with van der Waals surface area (Å²) in [5.41, 5.74) is -1.16. The Morgan fingerprint density at radius 2 is 2.05 bits per heavy atom. The number of nitrogens with zero attached hydrogens (tertiary/aromatic N) is 1. The van der Waals surface area contributed by atoms with Crippen LogP contribution in [0.15, 0.2) is 23.1 Å². The molecule has 0 bridgehead atoms. The van der Waals surface area contributed by atoms with Crippen molar-refractivity contribution in [3.63, 3.8) is 0 Å². The molecule has 1 aliphatic heterocycles. The largest absolute Gasteiger partial charge is 0.417 e. The Balaban J connectivity index is 2.41. The van der Waals surface area contributed by atoms with Crippen LogP contribution in [0.4, 0.5) is 13.2 Å². The predicted molar refractivity (Wildman–Crippen MR) is 70.6 cm³/mol. The summed E-state index contributed by atoms with van der Waals surface area (Å²) in [4.78, 5) is -0.423. The lowest BCUT2D eigenvalue weighted by Gasteiger charge is -2.30. The van der Waals surface area contributed by atoms with E-state index < -0.39 is 31.7 Å². The van der Waals surface area contributed by atoms with Gasteiger partial charge in [0.25, 0.3) is 0 Å². The molecule has 0 aliphatic carbocycles. The highest BCUT2D eigenvalue weighted by Crippen LogP contribution is 2.36. The third kappa shape index (κ3) is 3.50. The van der Waals surface area contributed by atoms with E-state index in [1.165, 1.54) is 0 Å². The van der Waals surface area contributed by atoms with Gasteiger partial charge in [0, 0.05) is 13.1 Å². The maximum absolute atomic E-state index is 12.8. The van der Waals surface area contributed by atoms with Crippen molar-refractivity contribution in [1.29, 1.82) is 0 Å². The van der Waals surface area contributed by atoms with E-state index in [9.17, 15) is 21.6 Å². The number of sulfonamides is 1. The minimum atomic E-state index is -4.71. The van der Waals surface area contributed by atoms with E-state index in [2.05, 4.69) is 0 Å². The quantitative estimate of drug-likeness (QED) is 0.829. The third-order valence-electron chi connectivity index (χ3n) is 3.08. The van der Waals surface area contributed by atoms with Gasteiger partial charge in [0.15, 0.2) is 0 Å². The average Bonchev–Trinajstić information content (AvgIpc) is 2.37. The van der Waals surface area contributed by atoms with Gasteiger partial charge in [0.1, 0.15) is 0 Å². The van der Waals surface area contributed by atoms with Crippen LogP contribution in [-0.2, 0) is 20.9 Å². The van der Waals surface area contributed by atoms with Crippen molar-refractivity contribution in [3.8, 4) is 0 Å². The van der Waals surface area contributed by atoms with Gasteiger partial charge < -0.3 is 4.74 Å². The summed E-state index contributed by atoms with van der Waals surface area (Å²) in [5, 5.41) is -0.531. The zero-order valence-electron chi connectivity index (χ0n) is 11.0. The Morgan fingerprint density at radius 1 is 1.38 bits per heavy atom. The molecule has 0 spiro atoms. The molecule has 2 rings (SSSR count). The Kier molecular flexibility index (Phi) is 4.53. The second-order valence-corrected chi connectivity index (χ2v) is 7.03. The topological polar surface area (TPSA) is 46.6 Å². The van der Waals surface area contributed by atoms with Crippen LogP contribution in [0.3, 0.4) is 0 Å². The van der Waals surface area contributed by atoms with Crippen LogP contribution >= 0.6 is 11.6 Å². The third-order valence-corrected chi connectivity index (χ3v) is 5.28. The van der Waals surface area contributed by atoms with Gasteiger partial charge in [-0.3, -0.25) is 0 Å². The van der Waals surface area contributed by atoms with Crippen LogP contribution in [0.1, 0.15) is 12.5 Å². The van der Waals surface area contributed by atoms with Gasteiger partial charge in [-0.1, -0.05) is 11.6 Å². The van der Waals surface area contributed by atoms with Crippen molar-refractivity contribution in [1.82, 2.24) is 4.31 Å². The average molecular weight is 344 g/mol. The summed E-state index contributed by atoms with van der Waals surface area (Å²) in [6.45, 7) is 2.12. The zero-order chi connectivity index (χ0) is 15.8. The van der Waals surface area contributed by atoms with Crippen LogP contribution < -0.4 is 0 Å². The molecule has 0 N–H and O–H groups in total. The van der Waals surface area contributed by atoms with E-state index in [0.717, 1.165) is 16.4 Å². The molecule has 0 amide bonds. The summed E-state index contributed by atoms with van der Waals surface area (Å²) in [6.07, 6.45) is -5.01. The fourth-order valence-corrected chi connectivity index (χ4v) is 3.79. The Morgan fingerprint density at radius 3 is 2.62 bits per heavy atom. The highest BCUT2D eigenvalue weighted by molar-refractivity contribution is 7.89. The first kappa shape index (κ1) is 16.5. The van der Waals surface area contributed by atoms with Gasteiger partial charge in [-0.05, 0) is 25.1 Å². The van der Waals surface area contributed by atoms with Crippen molar-refractivity contribution >= 4 is 21.6 Å². The van der Waals surface area contributed by atoms with Gasteiger partial charge in [-0.2, -0.15) is 17.5 Å². The van der Waals surface area contributed by atoms with Gasteiger partial charge in [-0.15, -0.1) is 0 Å². The molecule has 1 aliphatic rings. The molecular weight excluding hydrogens is 331 g/mol. The lowest BCUT2D eigenvalue weighted by Crippen LogP contribution is -2.44. The van der Waals surface area contributed by atoms with Crippen molar-refractivity contribution in [2.45, 2.75) is 24.1 Å².